The molecule has 0 radical (unpaired) electrons. The molecule has 0 amide bonds. The van der Waals surface area contributed by atoms with Gasteiger partial charge in [0.05, 0.1) is 0 Å². The van der Waals surface area contributed by atoms with Gasteiger partial charge in [-0.3, -0.25) is 10.2 Å². The van der Waals surface area contributed by atoms with Crippen LogP contribution in [0.15, 0.2) is 24.3 Å². The summed E-state index contributed by atoms with van der Waals surface area (Å²) in [6, 6.07) is 7.39. The van der Waals surface area contributed by atoms with Crippen molar-refractivity contribution in [2.45, 2.75) is 32.4 Å². The number of ether oxygens (including phenoxy) is 1. The Bertz CT molecular complexity index is 451. The number of Topliss-reactive ketones (excluding diaryl/α,β-unsaturated/α-hetero) is 1. The Morgan fingerprint density at radius 1 is 1.39 bits per heavy atom. The Labute approximate surface area is 107 Å². The molecule has 2 N–H and O–H groups in total. The summed E-state index contributed by atoms with van der Waals surface area (Å²) < 4.78 is 5.61. The van der Waals surface area contributed by atoms with Crippen LogP contribution in [0.5, 0.6) is 0 Å². The third-order valence-electron chi connectivity index (χ3n) is 3.04. The topological polar surface area (TPSA) is 62.2 Å². The van der Waals surface area contributed by atoms with Crippen LogP contribution in [0.2, 0.25) is 0 Å². The summed E-state index contributed by atoms with van der Waals surface area (Å²) >= 11 is 0. The van der Waals surface area contributed by atoms with Crippen LogP contribution in [0.25, 0.3) is 0 Å². The third kappa shape index (κ3) is 2.96. The summed E-state index contributed by atoms with van der Waals surface area (Å²) in [5, 5.41) is 11.1. The highest BCUT2D eigenvalue weighted by Gasteiger charge is 2.17. The van der Waals surface area contributed by atoms with Crippen molar-refractivity contribution in [1.29, 1.82) is 5.41 Å². The Hall–Kier alpha value is -1.68. The van der Waals surface area contributed by atoms with Gasteiger partial charge in [0.15, 0.2) is 5.78 Å². The molecule has 96 valence electrons. The molecule has 0 aromatic heterocycles. The monoisotopic (exact) mass is 246 g/mol. The summed E-state index contributed by atoms with van der Waals surface area (Å²) in [4.78, 5) is 11.3. The van der Waals surface area contributed by atoms with Gasteiger partial charge < -0.3 is 10.1 Å². The zero-order valence-electron chi connectivity index (χ0n) is 10.5. The zero-order chi connectivity index (χ0) is 13.0. The number of rotatable bonds is 4. The Morgan fingerprint density at radius 2 is 2.17 bits per heavy atom. The van der Waals surface area contributed by atoms with E-state index in [1.54, 1.807) is 6.07 Å². The number of benzene rings is 1. The first-order valence-electron chi connectivity index (χ1n) is 6.25. The Morgan fingerprint density at radius 3 is 2.83 bits per heavy atom. The Balaban J connectivity index is 2.16. The van der Waals surface area contributed by atoms with Gasteiger partial charge in [-0.25, -0.2) is 0 Å². The molecule has 4 nitrogen and oxygen atoms in total. The molecular formula is C14H18N2O2. The molecule has 4 heteroatoms. The quantitative estimate of drug-likeness (QED) is 0.803. The van der Waals surface area contributed by atoms with Gasteiger partial charge in [-0.1, -0.05) is 18.2 Å². The second-order valence-electron chi connectivity index (χ2n) is 4.48. The van der Waals surface area contributed by atoms with Crippen LogP contribution in [-0.4, -0.2) is 24.3 Å². The molecule has 1 atom stereocenters. The summed E-state index contributed by atoms with van der Waals surface area (Å²) in [6.07, 6.45) is 3.19. The molecule has 1 saturated heterocycles. The maximum Gasteiger partial charge on any atom is 0.178 e. The van der Waals surface area contributed by atoms with Crippen molar-refractivity contribution in [2.75, 3.05) is 11.9 Å². The molecule has 0 bridgehead atoms. The largest absolute Gasteiger partial charge is 0.360 e. The van der Waals surface area contributed by atoms with E-state index >= 15 is 0 Å². The highest BCUT2D eigenvalue weighted by atomic mass is 16.5. The molecule has 1 aliphatic heterocycles. The van der Waals surface area contributed by atoms with Crippen molar-refractivity contribution < 1.29 is 9.53 Å². The van der Waals surface area contributed by atoms with Crippen LogP contribution in [0, 0.1) is 5.41 Å². The fourth-order valence-corrected chi connectivity index (χ4v) is 2.04. The highest BCUT2D eigenvalue weighted by Crippen LogP contribution is 2.21. The van der Waals surface area contributed by atoms with Crippen LogP contribution in [0.1, 0.15) is 31.7 Å². The zero-order valence-corrected chi connectivity index (χ0v) is 10.5. The number of anilines is 1. The minimum absolute atomic E-state index is 0.0142. The number of hydrogen-bond acceptors (Lipinski definition) is 4. The molecule has 1 unspecified atom stereocenters. The number of nitrogens with one attached hydrogen (secondary N) is 2. The summed E-state index contributed by atoms with van der Waals surface area (Å²) in [5.41, 5.74) is 1.47. The molecular weight excluding hydrogens is 228 g/mol. The second kappa shape index (κ2) is 5.78. The van der Waals surface area contributed by atoms with Crippen molar-refractivity contribution in [3.8, 4) is 0 Å². The van der Waals surface area contributed by atoms with Crippen LogP contribution >= 0.6 is 0 Å². The maximum atomic E-state index is 11.3. The van der Waals surface area contributed by atoms with Gasteiger partial charge in [-0.15, -0.1) is 0 Å². The maximum absolute atomic E-state index is 11.3. The first kappa shape index (κ1) is 12.8. The lowest BCUT2D eigenvalue weighted by Crippen LogP contribution is -2.28. The fraction of sp³-hybridized carbons (Fsp3) is 0.429. The molecule has 0 saturated carbocycles. The van der Waals surface area contributed by atoms with Crippen molar-refractivity contribution in [2.24, 2.45) is 0 Å². The van der Waals surface area contributed by atoms with Crippen molar-refractivity contribution in [3.63, 3.8) is 0 Å². The lowest BCUT2D eigenvalue weighted by atomic mass is 10.0. The van der Waals surface area contributed by atoms with E-state index in [0.29, 0.717) is 5.56 Å². The van der Waals surface area contributed by atoms with Gasteiger partial charge >= 0.3 is 0 Å². The molecule has 1 aromatic carbocycles. The molecule has 2 rings (SSSR count). The molecule has 1 heterocycles. The van der Waals surface area contributed by atoms with Gasteiger partial charge in [-0.05, 0) is 25.3 Å². The smallest absolute Gasteiger partial charge is 0.178 e. The average Bonchev–Trinajstić information content (AvgIpc) is 2.39. The van der Waals surface area contributed by atoms with E-state index in [1.165, 1.54) is 6.92 Å². The van der Waals surface area contributed by atoms with Crippen molar-refractivity contribution >= 4 is 17.2 Å². The minimum Gasteiger partial charge on any atom is -0.360 e. The van der Waals surface area contributed by atoms with Crippen molar-refractivity contribution in [1.82, 2.24) is 0 Å². The first-order valence-corrected chi connectivity index (χ1v) is 6.25. The third-order valence-corrected chi connectivity index (χ3v) is 3.04. The van der Waals surface area contributed by atoms with E-state index in [1.807, 2.05) is 18.2 Å². The van der Waals surface area contributed by atoms with Crippen LogP contribution in [0.4, 0.5) is 5.69 Å². The number of hydrogen-bond donors (Lipinski definition) is 2. The average molecular weight is 246 g/mol. The van der Waals surface area contributed by atoms with Crippen LogP contribution in [0.3, 0.4) is 0 Å². The van der Waals surface area contributed by atoms with Gasteiger partial charge in [0.2, 0.25) is 0 Å². The molecule has 1 aromatic rings. The summed E-state index contributed by atoms with van der Waals surface area (Å²) in [5.74, 6) is -0.228. The predicted octanol–water partition coefficient (Wildman–Crippen LogP) is 2.58. The number of ketones is 1. The van der Waals surface area contributed by atoms with Gasteiger partial charge in [-0.2, -0.15) is 0 Å². The molecule has 0 aliphatic carbocycles. The lowest BCUT2D eigenvalue weighted by molar-refractivity contribution is -0.111. The second-order valence-corrected chi connectivity index (χ2v) is 4.48. The first-order chi connectivity index (χ1) is 8.68. The van der Waals surface area contributed by atoms with E-state index in [2.05, 4.69) is 5.32 Å². The van der Waals surface area contributed by atoms with Crippen LogP contribution in [-0.2, 0) is 9.53 Å². The lowest BCUT2D eigenvalue weighted by Gasteiger charge is -2.25. The van der Waals surface area contributed by atoms with E-state index in [0.717, 1.165) is 31.6 Å². The number of carbonyl (C=O) groups excluding carboxylic acids is 1. The van der Waals surface area contributed by atoms with Crippen LogP contribution < -0.4 is 5.32 Å². The molecule has 1 fully saturated rings. The normalized spacial score (nSPS) is 19.3. The SMILES string of the molecule is CC(=O)C(=N)c1ccccc1NC1CCCCO1. The molecule has 0 spiro atoms. The fourth-order valence-electron chi connectivity index (χ4n) is 2.04. The van der Waals surface area contributed by atoms with Gasteiger partial charge in [0, 0.05) is 24.8 Å². The van der Waals surface area contributed by atoms with Gasteiger partial charge in [0.1, 0.15) is 11.9 Å². The van der Waals surface area contributed by atoms with E-state index < -0.39 is 0 Å². The van der Waals surface area contributed by atoms with E-state index in [4.69, 9.17) is 10.1 Å². The minimum atomic E-state index is -0.228. The summed E-state index contributed by atoms with van der Waals surface area (Å²) in [7, 11) is 0. The van der Waals surface area contributed by atoms with Crippen molar-refractivity contribution in [3.05, 3.63) is 29.8 Å². The molecule has 1 aliphatic rings. The molecule has 18 heavy (non-hydrogen) atoms. The Kier molecular flexibility index (Phi) is 4.10. The van der Waals surface area contributed by atoms with Gasteiger partial charge in [0.25, 0.3) is 0 Å². The number of para-hydroxylation sites is 1. The highest BCUT2D eigenvalue weighted by molar-refractivity contribution is 6.45. The number of carbonyl (C=O) groups is 1. The predicted molar refractivity (Wildman–Crippen MR) is 71.2 cm³/mol. The summed E-state index contributed by atoms with van der Waals surface area (Å²) in [6.45, 7) is 2.18. The standard InChI is InChI=1S/C14H18N2O2/c1-10(17)14(15)11-6-2-3-7-12(11)16-13-8-4-5-9-18-13/h2-3,6-7,13,15-16H,4-5,8-9H2,1H3. The van der Waals surface area contributed by atoms with E-state index in [9.17, 15) is 4.79 Å². The van der Waals surface area contributed by atoms with E-state index in [-0.39, 0.29) is 17.7 Å².